The van der Waals surface area contributed by atoms with Crippen molar-refractivity contribution in [2.75, 3.05) is 5.32 Å². The van der Waals surface area contributed by atoms with E-state index in [4.69, 9.17) is 4.52 Å². The molecule has 2 rings (SSSR count). The van der Waals surface area contributed by atoms with Crippen LogP contribution in [0.25, 0.3) is 0 Å². The first-order chi connectivity index (χ1) is 9.15. The molecule has 0 unspecified atom stereocenters. The average molecular weight is 276 g/mol. The second kappa shape index (κ2) is 6.43. The van der Waals surface area contributed by atoms with Crippen molar-refractivity contribution in [1.82, 2.24) is 5.16 Å². The van der Waals surface area contributed by atoms with Crippen molar-refractivity contribution >= 4 is 23.4 Å². The molecule has 0 radical (unpaired) electrons. The third-order valence-corrected chi connectivity index (χ3v) is 3.73. The molecule has 4 nitrogen and oxygen atoms in total. The minimum Gasteiger partial charge on any atom is -0.360 e. The zero-order valence-electron chi connectivity index (χ0n) is 10.9. The van der Waals surface area contributed by atoms with Gasteiger partial charge in [-0.2, -0.15) is 0 Å². The molecular formula is C14H16N2O2S. The number of carbonyl (C=O) groups excluding carboxylic acids is 1. The maximum atomic E-state index is 12.0. The van der Waals surface area contributed by atoms with Gasteiger partial charge in [0.05, 0.1) is 16.7 Å². The minimum atomic E-state index is -0.148. The maximum absolute atomic E-state index is 12.0. The number of carbonyl (C=O) groups is 1. The number of anilines is 1. The highest BCUT2D eigenvalue weighted by Gasteiger charge is 2.14. The van der Waals surface area contributed by atoms with Gasteiger partial charge in [0.2, 0.25) is 5.91 Å². The molecule has 5 heteroatoms. The fraction of sp³-hybridized carbons (Fsp3) is 0.286. The van der Waals surface area contributed by atoms with Gasteiger partial charge in [0, 0.05) is 11.8 Å². The molecule has 0 aliphatic rings. The van der Waals surface area contributed by atoms with Crippen LogP contribution in [-0.4, -0.2) is 16.3 Å². The number of rotatable bonds is 5. The van der Waals surface area contributed by atoms with E-state index in [9.17, 15) is 4.79 Å². The number of hydrogen-bond acceptors (Lipinski definition) is 4. The van der Waals surface area contributed by atoms with Gasteiger partial charge in [-0.1, -0.05) is 23.4 Å². The van der Waals surface area contributed by atoms with Gasteiger partial charge in [-0.15, -0.1) is 11.8 Å². The van der Waals surface area contributed by atoms with Crippen molar-refractivity contribution in [2.45, 2.75) is 24.9 Å². The lowest BCUT2D eigenvalue weighted by atomic mass is 10.3. The van der Waals surface area contributed by atoms with E-state index in [1.54, 1.807) is 0 Å². The summed E-state index contributed by atoms with van der Waals surface area (Å²) in [6, 6.07) is 11.3. The van der Waals surface area contributed by atoms with Gasteiger partial charge in [0.15, 0.2) is 0 Å². The van der Waals surface area contributed by atoms with Crippen molar-refractivity contribution in [2.24, 2.45) is 0 Å². The van der Waals surface area contributed by atoms with Crippen LogP contribution in [0.2, 0.25) is 0 Å². The minimum absolute atomic E-state index is 0.00700. The lowest BCUT2D eigenvalue weighted by molar-refractivity contribution is -0.115. The Labute approximate surface area is 116 Å². The van der Waals surface area contributed by atoms with Crippen LogP contribution in [0.1, 0.15) is 18.4 Å². The Kier molecular flexibility index (Phi) is 4.63. The summed E-state index contributed by atoms with van der Waals surface area (Å²) in [6.45, 7) is 3.76. The van der Waals surface area contributed by atoms with Crippen LogP contribution in [0.3, 0.4) is 0 Å². The normalized spacial score (nSPS) is 12.1. The van der Waals surface area contributed by atoms with Gasteiger partial charge in [-0.3, -0.25) is 4.79 Å². The highest BCUT2D eigenvalue weighted by Crippen LogP contribution is 2.19. The van der Waals surface area contributed by atoms with E-state index in [-0.39, 0.29) is 11.2 Å². The lowest BCUT2D eigenvalue weighted by Gasteiger charge is -2.10. The second-order valence-corrected chi connectivity index (χ2v) is 5.57. The zero-order chi connectivity index (χ0) is 13.7. The Balaban J connectivity index is 1.82. The van der Waals surface area contributed by atoms with E-state index in [0.29, 0.717) is 5.75 Å². The fourth-order valence-electron chi connectivity index (χ4n) is 1.53. The fourth-order valence-corrected chi connectivity index (χ4v) is 2.29. The molecule has 19 heavy (non-hydrogen) atoms. The molecule has 0 spiro atoms. The first kappa shape index (κ1) is 13.7. The number of nitrogens with zero attached hydrogens (tertiary/aromatic N) is 1. The van der Waals surface area contributed by atoms with Crippen LogP contribution < -0.4 is 5.32 Å². The summed E-state index contributed by atoms with van der Waals surface area (Å²) >= 11 is 1.52. The predicted molar refractivity (Wildman–Crippen MR) is 77.1 cm³/mol. The van der Waals surface area contributed by atoms with Crippen LogP contribution in [-0.2, 0) is 10.5 Å². The van der Waals surface area contributed by atoms with Crippen LogP contribution >= 0.6 is 11.8 Å². The molecule has 100 valence electrons. The molecule has 1 atom stereocenters. The number of benzene rings is 1. The van der Waals surface area contributed by atoms with Gasteiger partial charge in [0.25, 0.3) is 0 Å². The third kappa shape index (κ3) is 4.13. The van der Waals surface area contributed by atoms with Crippen LogP contribution in [0.5, 0.6) is 0 Å². The van der Waals surface area contributed by atoms with E-state index in [1.807, 2.05) is 50.2 Å². The van der Waals surface area contributed by atoms with E-state index in [1.165, 1.54) is 11.8 Å². The van der Waals surface area contributed by atoms with E-state index in [0.717, 1.165) is 17.1 Å². The standard InChI is InChI=1S/C14H16N2O2S/c1-10-8-13(18-16-10)9-19-11(2)14(17)15-12-6-4-3-5-7-12/h3-8,11H,9H2,1-2H3,(H,15,17)/t11-/m1/s1. The lowest BCUT2D eigenvalue weighted by Crippen LogP contribution is -2.22. The topological polar surface area (TPSA) is 55.1 Å². The molecule has 1 aromatic carbocycles. The summed E-state index contributed by atoms with van der Waals surface area (Å²) in [5.41, 5.74) is 1.67. The Bertz CT molecular complexity index is 539. The van der Waals surface area contributed by atoms with Gasteiger partial charge >= 0.3 is 0 Å². The second-order valence-electron chi connectivity index (χ2n) is 4.24. The Morgan fingerprint density at radius 3 is 2.79 bits per heavy atom. The summed E-state index contributed by atoms with van der Waals surface area (Å²) in [7, 11) is 0. The molecule has 0 saturated carbocycles. The molecule has 1 heterocycles. The van der Waals surface area contributed by atoms with Crippen molar-refractivity contribution < 1.29 is 9.32 Å². The molecule has 1 N–H and O–H groups in total. The smallest absolute Gasteiger partial charge is 0.237 e. The first-order valence-electron chi connectivity index (χ1n) is 6.05. The average Bonchev–Trinajstić information content (AvgIpc) is 2.83. The molecule has 0 aliphatic heterocycles. The predicted octanol–water partition coefficient (Wildman–Crippen LogP) is 3.24. The SMILES string of the molecule is Cc1cc(CS[C@H](C)C(=O)Nc2ccccc2)on1. The Hall–Kier alpha value is -1.75. The highest BCUT2D eigenvalue weighted by atomic mass is 32.2. The van der Waals surface area contributed by atoms with Gasteiger partial charge in [0.1, 0.15) is 5.76 Å². The Morgan fingerprint density at radius 1 is 1.42 bits per heavy atom. The summed E-state index contributed by atoms with van der Waals surface area (Å²) < 4.78 is 5.11. The third-order valence-electron chi connectivity index (χ3n) is 2.56. The molecule has 1 amide bonds. The number of hydrogen-bond donors (Lipinski definition) is 1. The van der Waals surface area contributed by atoms with Crippen molar-refractivity contribution in [1.29, 1.82) is 0 Å². The molecule has 0 saturated heterocycles. The van der Waals surface area contributed by atoms with Gasteiger partial charge < -0.3 is 9.84 Å². The molecule has 0 fully saturated rings. The molecule has 2 aromatic rings. The number of thioether (sulfide) groups is 1. The molecule has 0 aliphatic carbocycles. The van der Waals surface area contributed by atoms with Crippen LogP contribution in [0.4, 0.5) is 5.69 Å². The van der Waals surface area contributed by atoms with Crippen LogP contribution in [0, 0.1) is 6.92 Å². The maximum Gasteiger partial charge on any atom is 0.237 e. The largest absolute Gasteiger partial charge is 0.360 e. The Morgan fingerprint density at radius 2 is 2.16 bits per heavy atom. The molecule has 1 aromatic heterocycles. The van der Waals surface area contributed by atoms with Crippen molar-refractivity contribution in [3.63, 3.8) is 0 Å². The van der Waals surface area contributed by atoms with Crippen molar-refractivity contribution in [3.05, 3.63) is 47.9 Å². The van der Waals surface area contributed by atoms with E-state index < -0.39 is 0 Å². The summed E-state index contributed by atoms with van der Waals surface area (Å²) in [4.78, 5) is 12.0. The van der Waals surface area contributed by atoms with E-state index >= 15 is 0 Å². The monoisotopic (exact) mass is 276 g/mol. The summed E-state index contributed by atoms with van der Waals surface area (Å²) in [6.07, 6.45) is 0. The summed E-state index contributed by atoms with van der Waals surface area (Å²) in [5.74, 6) is 1.43. The number of para-hydroxylation sites is 1. The van der Waals surface area contributed by atoms with E-state index in [2.05, 4.69) is 10.5 Å². The van der Waals surface area contributed by atoms with Gasteiger partial charge in [-0.05, 0) is 26.0 Å². The van der Waals surface area contributed by atoms with Crippen molar-refractivity contribution in [3.8, 4) is 0 Å². The summed E-state index contributed by atoms with van der Waals surface area (Å²) in [5, 5.41) is 6.55. The quantitative estimate of drug-likeness (QED) is 0.910. The van der Waals surface area contributed by atoms with Crippen LogP contribution in [0.15, 0.2) is 40.9 Å². The molecule has 0 bridgehead atoms. The molecular weight excluding hydrogens is 260 g/mol. The first-order valence-corrected chi connectivity index (χ1v) is 7.10. The number of nitrogens with one attached hydrogen (secondary N) is 1. The highest BCUT2D eigenvalue weighted by molar-refractivity contribution is 7.99. The number of amides is 1. The number of aromatic nitrogens is 1. The zero-order valence-corrected chi connectivity index (χ0v) is 11.7. The number of aryl methyl sites for hydroxylation is 1. The van der Waals surface area contributed by atoms with Gasteiger partial charge in [-0.25, -0.2) is 0 Å².